The lowest BCUT2D eigenvalue weighted by Gasteiger charge is -2.60. The van der Waals surface area contributed by atoms with Crippen LogP contribution in [0.3, 0.4) is 0 Å². The molecule has 6 aliphatic rings. The van der Waals surface area contributed by atoms with E-state index in [1.807, 2.05) is 6.92 Å². The second-order valence-corrected chi connectivity index (χ2v) is 11.5. The normalized spacial score (nSPS) is 48.9. The Hall–Kier alpha value is -0.830. The summed E-state index contributed by atoms with van der Waals surface area (Å²) in [6.45, 7) is 5.86. The zero-order chi connectivity index (χ0) is 22.4. The van der Waals surface area contributed by atoms with Crippen molar-refractivity contribution in [2.45, 2.75) is 76.0 Å². The van der Waals surface area contributed by atoms with Crippen molar-refractivity contribution in [1.29, 1.82) is 0 Å². The summed E-state index contributed by atoms with van der Waals surface area (Å²) in [4.78, 5) is 13.9. The molecule has 7 heteroatoms. The molecular weight excluding hydrogens is 412 g/mol. The summed E-state index contributed by atoms with van der Waals surface area (Å²) in [5.74, 6) is -1.38. The lowest BCUT2D eigenvalue weighted by Crippen LogP contribution is -2.67. The standard InChI is InChI=1S/C25H36O7/c1-21-7-8-23(29-9-10-30-23)13-16(21)3-4-17-18-5-6-24(28,25(15-26)31-11-12-32-25)22(18,2)14-19(27)20(17)21/h3,17-18,20,26,28H,4-15H2,1-2H3/t17-,18-,20+,21-,22-,24+/m0/s1. The summed E-state index contributed by atoms with van der Waals surface area (Å²) < 4.78 is 23.7. The number of rotatable bonds is 2. The number of ether oxygens (including phenoxy) is 4. The quantitative estimate of drug-likeness (QED) is 0.626. The predicted octanol–water partition coefficient (Wildman–Crippen LogP) is 2.34. The van der Waals surface area contributed by atoms with Crippen molar-refractivity contribution in [3.63, 3.8) is 0 Å². The van der Waals surface area contributed by atoms with Crippen molar-refractivity contribution >= 4 is 5.78 Å². The number of Topliss-reactive ketones (excluding diaryl/α,β-unsaturated/α-hetero) is 1. The van der Waals surface area contributed by atoms with E-state index >= 15 is 0 Å². The molecule has 1 spiro atoms. The Morgan fingerprint density at radius 3 is 2.38 bits per heavy atom. The second-order valence-electron chi connectivity index (χ2n) is 11.5. The number of aliphatic hydroxyl groups is 2. The molecule has 32 heavy (non-hydrogen) atoms. The van der Waals surface area contributed by atoms with Gasteiger partial charge in [-0.15, -0.1) is 0 Å². The third-order valence-electron chi connectivity index (χ3n) is 10.4. The Morgan fingerprint density at radius 2 is 1.69 bits per heavy atom. The Morgan fingerprint density at radius 1 is 1.00 bits per heavy atom. The van der Waals surface area contributed by atoms with Crippen molar-refractivity contribution in [1.82, 2.24) is 0 Å². The average Bonchev–Trinajstić information content (AvgIpc) is 3.49. The van der Waals surface area contributed by atoms with Crippen molar-refractivity contribution in [2.75, 3.05) is 33.0 Å². The van der Waals surface area contributed by atoms with Gasteiger partial charge in [0.2, 0.25) is 5.79 Å². The molecule has 6 rings (SSSR count). The number of ketones is 1. The molecule has 178 valence electrons. The lowest BCUT2D eigenvalue weighted by atomic mass is 9.46. The van der Waals surface area contributed by atoms with Gasteiger partial charge in [0.05, 0.1) is 26.4 Å². The first-order valence-corrected chi connectivity index (χ1v) is 12.3. The zero-order valence-corrected chi connectivity index (χ0v) is 19.2. The van der Waals surface area contributed by atoms with Crippen LogP contribution < -0.4 is 0 Å². The van der Waals surface area contributed by atoms with Crippen molar-refractivity contribution in [3.8, 4) is 0 Å². The Balaban J connectivity index is 1.36. The molecule has 2 saturated heterocycles. The molecule has 0 bridgehead atoms. The van der Waals surface area contributed by atoms with E-state index in [0.29, 0.717) is 39.3 Å². The van der Waals surface area contributed by atoms with Crippen LogP contribution in [0.1, 0.15) is 58.8 Å². The summed E-state index contributed by atoms with van der Waals surface area (Å²) in [6.07, 6.45) is 7.21. The van der Waals surface area contributed by atoms with E-state index < -0.39 is 29.2 Å². The number of aliphatic hydroxyl groups excluding tert-OH is 1. The minimum Gasteiger partial charge on any atom is -0.391 e. The third-order valence-corrected chi connectivity index (χ3v) is 10.4. The van der Waals surface area contributed by atoms with E-state index in [1.165, 1.54) is 5.57 Å². The Bertz CT molecular complexity index is 841. The fourth-order valence-electron chi connectivity index (χ4n) is 8.72. The maximum absolute atomic E-state index is 13.9. The zero-order valence-electron chi connectivity index (χ0n) is 19.2. The van der Waals surface area contributed by atoms with Gasteiger partial charge in [0.25, 0.3) is 0 Å². The molecular formula is C25H36O7. The third kappa shape index (κ3) is 2.50. The highest BCUT2D eigenvalue weighted by atomic mass is 16.8. The predicted molar refractivity (Wildman–Crippen MR) is 113 cm³/mol. The topological polar surface area (TPSA) is 94.5 Å². The Kier molecular flexibility index (Phi) is 4.65. The highest BCUT2D eigenvalue weighted by Crippen LogP contribution is 2.69. The molecule has 5 fully saturated rings. The van der Waals surface area contributed by atoms with Crippen LogP contribution in [0.2, 0.25) is 0 Å². The molecule has 0 aromatic carbocycles. The molecule has 0 unspecified atom stereocenters. The van der Waals surface area contributed by atoms with Gasteiger partial charge >= 0.3 is 0 Å². The molecule has 2 aliphatic heterocycles. The van der Waals surface area contributed by atoms with E-state index in [2.05, 4.69) is 13.0 Å². The maximum Gasteiger partial charge on any atom is 0.222 e. The van der Waals surface area contributed by atoms with Gasteiger partial charge in [-0.25, -0.2) is 0 Å². The van der Waals surface area contributed by atoms with Gasteiger partial charge in [-0.2, -0.15) is 0 Å². The van der Waals surface area contributed by atoms with Crippen molar-refractivity contribution < 1.29 is 34.0 Å². The van der Waals surface area contributed by atoms with Crippen molar-refractivity contribution in [2.24, 2.45) is 28.6 Å². The number of carbonyl (C=O) groups excluding carboxylic acids is 1. The molecule has 0 amide bonds. The van der Waals surface area contributed by atoms with Gasteiger partial charge in [-0.05, 0) is 42.9 Å². The van der Waals surface area contributed by atoms with Crippen molar-refractivity contribution in [3.05, 3.63) is 11.6 Å². The van der Waals surface area contributed by atoms with Crippen LogP contribution >= 0.6 is 0 Å². The minimum atomic E-state index is -1.43. The average molecular weight is 449 g/mol. The van der Waals surface area contributed by atoms with E-state index in [-0.39, 0.29) is 29.0 Å². The number of fused-ring (bicyclic) bond motifs is 5. The summed E-state index contributed by atoms with van der Waals surface area (Å²) in [5, 5.41) is 22.2. The SMILES string of the molecule is C[C@]12CCC3(CC1=CC[C@@H]1[C@@H]2C(=O)C[C@@]2(C)[C@H]1CC[C@]2(O)C1(CO)OCCO1)OCCO3. The molecule has 3 saturated carbocycles. The lowest BCUT2D eigenvalue weighted by molar-refractivity contribution is -0.317. The number of hydrogen-bond acceptors (Lipinski definition) is 7. The van der Waals surface area contributed by atoms with Gasteiger partial charge in [0, 0.05) is 30.6 Å². The molecule has 0 aromatic heterocycles. The molecule has 0 aromatic rings. The van der Waals surface area contributed by atoms with Crippen LogP contribution in [0.25, 0.3) is 0 Å². The fourth-order valence-corrected chi connectivity index (χ4v) is 8.72. The van der Waals surface area contributed by atoms with E-state index in [0.717, 1.165) is 32.1 Å². The first kappa shape index (κ1) is 21.7. The monoisotopic (exact) mass is 448 g/mol. The smallest absolute Gasteiger partial charge is 0.222 e. The number of hydrogen-bond donors (Lipinski definition) is 2. The summed E-state index contributed by atoms with van der Waals surface area (Å²) >= 11 is 0. The van der Waals surface area contributed by atoms with Gasteiger partial charge in [-0.1, -0.05) is 25.5 Å². The van der Waals surface area contributed by atoms with Gasteiger partial charge in [-0.3, -0.25) is 4.79 Å². The molecule has 2 N–H and O–H groups in total. The summed E-state index contributed by atoms with van der Waals surface area (Å²) in [5.41, 5.74) is -0.944. The van der Waals surface area contributed by atoms with E-state index in [4.69, 9.17) is 18.9 Å². The first-order chi connectivity index (χ1) is 15.2. The van der Waals surface area contributed by atoms with Crippen LogP contribution in [0.4, 0.5) is 0 Å². The van der Waals surface area contributed by atoms with E-state index in [1.54, 1.807) is 0 Å². The molecule has 4 aliphatic carbocycles. The van der Waals surface area contributed by atoms with Gasteiger partial charge in [0.15, 0.2) is 5.79 Å². The summed E-state index contributed by atoms with van der Waals surface area (Å²) in [6, 6.07) is 0. The summed E-state index contributed by atoms with van der Waals surface area (Å²) in [7, 11) is 0. The fraction of sp³-hybridized carbons (Fsp3) is 0.880. The van der Waals surface area contributed by atoms with Gasteiger partial charge in [0.1, 0.15) is 18.0 Å². The molecule has 2 heterocycles. The van der Waals surface area contributed by atoms with Crippen LogP contribution in [-0.4, -0.2) is 66.2 Å². The minimum absolute atomic E-state index is 0.0443. The maximum atomic E-state index is 13.9. The highest BCUT2D eigenvalue weighted by Gasteiger charge is 2.73. The van der Waals surface area contributed by atoms with Crippen LogP contribution in [-0.2, 0) is 23.7 Å². The Labute approximate surface area is 189 Å². The highest BCUT2D eigenvalue weighted by molar-refractivity contribution is 5.85. The number of carbonyl (C=O) groups is 1. The van der Waals surface area contributed by atoms with Gasteiger partial charge < -0.3 is 29.2 Å². The molecule has 7 nitrogen and oxygen atoms in total. The first-order valence-electron chi connectivity index (χ1n) is 12.3. The number of allylic oxidation sites excluding steroid dienone is 1. The molecule has 0 radical (unpaired) electrons. The molecule has 6 atom stereocenters. The van der Waals surface area contributed by atoms with E-state index in [9.17, 15) is 15.0 Å². The van der Waals surface area contributed by atoms with Crippen LogP contribution in [0.5, 0.6) is 0 Å². The van der Waals surface area contributed by atoms with Crippen LogP contribution in [0, 0.1) is 28.6 Å². The largest absolute Gasteiger partial charge is 0.391 e. The van der Waals surface area contributed by atoms with Crippen LogP contribution in [0.15, 0.2) is 11.6 Å². The second kappa shape index (κ2) is 6.86.